The largest absolute Gasteiger partial charge is 0.343 e. The van der Waals surface area contributed by atoms with Gasteiger partial charge in [0.25, 0.3) is 0 Å². The molecule has 3 rings (SSSR count). The molecule has 19 heavy (non-hydrogen) atoms. The lowest BCUT2D eigenvalue weighted by Crippen LogP contribution is -2.00. The Morgan fingerprint density at radius 1 is 0.947 bits per heavy atom. The molecule has 4 heteroatoms. The van der Waals surface area contributed by atoms with Gasteiger partial charge >= 0.3 is 0 Å². The normalized spacial score (nSPS) is 11.1. The van der Waals surface area contributed by atoms with Gasteiger partial charge in [-0.3, -0.25) is 0 Å². The van der Waals surface area contributed by atoms with Crippen LogP contribution in [0, 0.1) is 5.82 Å². The Hall–Kier alpha value is -1.13. The Labute approximate surface area is 127 Å². The third-order valence-electron chi connectivity index (χ3n) is 3.08. The summed E-state index contributed by atoms with van der Waals surface area (Å²) in [5.74, 6) is -0.179. The first-order chi connectivity index (χ1) is 9.13. The molecule has 0 aliphatic carbocycles. The van der Waals surface area contributed by atoms with Crippen LogP contribution in [0.5, 0.6) is 0 Å². The lowest BCUT2D eigenvalue weighted by Gasteiger charge is -2.07. The number of halogens is 3. The number of fused-ring (bicyclic) bond motifs is 1. The zero-order valence-corrected chi connectivity index (χ0v) is 13.1. The van der Waals surface area contributed by atoms with Gasteiger partial charge < -0.3 is 4.57 Å². The van der Waals surface area contributed by atoms with Gasteiger partial charge in [0.15, 0.2) is 0 Å². The van der Waals surface area contributed by atoms with Crippen LogP contribution in [0.15, 0.2) is 57.6 Å². The van der Waals surface area contributed by atoms with Gasteiger partial charge in [0.05, 0.1) is 6.54 Å². The minimum absolute atomic E-state index is 0.179. The van der Waals surface area contributed by atoms with Crippen molar-refractivity contribution < 1.29 is 4.39 Å². The van der Waals surface area contributed by atoms with E-state index in [1.54, 1.807) is 6.07 Å². The minimum Gasteiger partial charge on any atom is -0.343 e. The molecule has 2 aromatic carbocycles. The van der Waals surface area contributed by atoms with Gasteiger partial charge in [0, 0.05) is 31.6 Å². The van der Waals surface area contributed by atoms with E-state index in [4.69, 9.17) is 0 Å². The fourth-order valence-electron chi connectivity index (χ4n) is 2.16. The Bertz CT molecular complexity index is 749. The van der Waals surface area contributed by atoms with Crippen molar-refractivity contribution in [1.29, 1.82) is 0 Å². The zero-order chi connectivity index (χ0) is 13.4. The van der Waals surface area contributed by atoms with E-state index in [1.165, 1.54) is 6.07 Å². The monoisotopic (exact) mass is 381 g/mol. The second-order valence-corrected chi connectivity index (χ2v) is 6.21. The van der Waals surface area contributed by atoms with Crippen LogP contribution < -0.4 is 0 Å². The van der Waals surface area contributed by atoms with Crippen LogP contribution >= 0.6 is 31.9 Å². The van der Waals surface area contributed by atoms with Crippen LogP contribution in [0.3, 0.4) is 0 Å². The van der Waals surface area contributed by atoms with Crippen LogP contribution in [-0.4, -0.2) is 4.57 Å². The van der Waals surface area contributed by atoms with E-state index in [1.807, 2.05) is 35.0 Å². The van der Waals surface area contributed by atoms with Crippen LogP contribution in [0.1, 0.15) is 5.56 Å². The standard InChI is InChI=1S/C15H10Br2FN/c16-12-1-3-14(18)11(8-12)9-19-6-5-10-7-13(17)2-4-15(10)19/h1-8H,9H2. The zero-order valence-electron chi connectivity index (χ0n) is 9.91. The maximum absolute atomic E-state index is 13.8. The Balaban J connectivity index is 2.03. The summed E-state index contributed by atoms with van der Waals surface area (Å²) in [6.07, 6.45) is 1.98. The highest BCUT2D eigenvalue weighted by Gasteiger charge is 2.06. The molecule has 0 fully saturated rings. The van der Waals surface area contributed by atoms with Crippen LogP contribution in [0.2, 0.25) is 0 Å². The van der Waals surface area contributed by atoms with Gasteiger partial charge in [-0.15, -0.1) is 0 Å². The number of benzene rings is 2. The molecular formula is C15H10Br2FN. The third kappa shape index (κ3) is 2.60. The fourth-order valence-corrected chi connectivity index (χ4v) is 2.94. The van der Waals surface area contributed by atoms with E-state index in [2.05, 4.69) is 37.9 Å². The van der Waals surface area contributed by atoms with E-state index in [9.17, 15) is 4.39 Å². The van der Waals surface area contributed by atoms with Crippen molar-refractivity contribution in [3.8, 4) is 0 Å². The topological polar surface area (TPSA) is 4.93 Å². The number of hydrogen-bond acceptors (Lipinski definition) is 0. The molecule has 1 heterocycles. The molecule has 0 saturated carbocycles. The lowest BCUT2D eigenvalue weighted by molar-refractivity contribution is 0.601. The molecule has 1 nitrogen and oxygen atoms in total. The second kappa shape index (κ2) is 5.10. The third-order valence-corrected chi connectivity index (χ3v) is 4.07. The van der Waals surface area contributed by atoms with Crippen molar-refractivity contribution in [3.05, 3.63) is 69.0 Å². The summed E-state index contributed by atoms with van der Waals surface area (Å²) in [5, 5.41) is 1.14. The predicted octanol–water partition coefficient (Wildman–Crippen LogP) is 5.35. The highest BCUT2D eigenvalue weighted by molar-refractivity contribution is 9.10. The van der Waals surface area contributed by atoms with Crippen molar-refractivity contribution in [3.63, 3.8) is 0 Å². The minimum atomic E-state index is -0.179. The molecule has 0 unspecified atom stereocenters. The van der Waals surface area contributed by atoms with Gasteiger partial charge in [-0.25, -0.2) is 4.39 Å². The quantitative estimate of drug-likeness (QED) is 0.562. The van der Waals surface area contributed by atoms with Crippen molar-refractivity contribution >= 4 is 42.8 Å². The van der Waals surface area contributed by atoms with Crippen molar-refractivity contribution in [2.45, 2.75) is 6.54 Å². The van der Waals surface area contributed by atoms with Crippen molar-refractivity contribution in [2.24, 2.45) is 0 Å². The average Bonchev–Trinajstić information content (AvgIpc) is 2.76. The van der Waals surface area contributed by atoms with E-state index < -0.39 is 0 Å². The van der Waals surface area contributed by atoms with Crippen LogP contribution in [0.25, 0.3) is 10.9 Å². The number of aromatic nitrogens is 1. The van der Waals surface area contributed by atoms with E-state index in [0.717, 1.165) is 19.8 Å². The summed E-state index contributed by atoms with van der Waals surface area (Å²) >= 11 is 6.83. The second-order valence-electron chi connectivity index (χ2n) is 4.38. The number of nitrogens with zero attached hydrogens (tertiary/aromatic N) is 1. The molecule has 0 spiro atoms. The summed E-state index contributed by atoms with van der Waals surface area (Å²) in [6.45, 7) is 0.524. The molecular weight excluding hydrogens is 373 g/mol. The van der Waals surface area contributed by atoms with Gasteiger partial charge in [-0.1, -0.05) is 31.9 Å². The number of hydrogen-bond donors (Lipinski definition) is 0. The Morgan fingerprint density at radius 2 is 1.68 bits per heavy atom. The van der Waals surface area contributed by atoms with Gasteiger partial charge in [0.2, 0.25) is 0 Å². The summed E-state index contributed by atoms with van der Waals surface area (Å²) in [7, 11) is 0. The molecule has 0 aliphatic rings. The molecule has 0 saturated heterocycles. The summed E-state index contributed by atoms with van der Waals surface area (Å²) in [4.78, 5) is 0. The summed E-state index contributed by atoms with van der Waals surface area (Å²) < 4.78 is 17.8. The maximum atomic E-state index is 13.8. The van der Waals surface area contributed by atoms with Crippen molar-refractivity contribution in [2.75, 3.05) is 0 Å². The van der Waals surface area contributed by atoms with Gasteiger partial charge in [0.1, 0.15) is 5.82 Å². The Morgan fingerprint density at radius 3 is 2.53 bits per heavy atom. The molecule has 0 bridgehead atoms. The predicted molar refractivity (Wildman–Crippen MR) is 82.8 cm³/mol. The molecule has 96 valence electrons. The number of rotatable bonds is 2. The molecule has 3 aromatic rings. The summed E-state index contributed by atoms with van der Waals surface area (Å²) in [6, 6.07) is 13.1. The Kier molecular flexibility index (Phi) is 3.46. The summed E-state index contributed by atoms with van der Waals surface area (Å²) in [5.41, 5.74) is 1.78. The SMILES string of the molecule is Fc1ccc(Br)cc1Cn1ccc2cc(Br)ccc21. The molecule has 0 N–H and O–H groups in total. The van der Waals surface area contributed by atoms with Gasteiger partial charge in [-0.05, 0) is 42.5 Å². The smallest absolute Gasteiger partial charge is 0.128 e. The van der Waals surface area contributed by atoms with Crippen LogP contribution in [-0.2, 0) is 6.54 Å². The van der Waals surface area contributed by atoms with Crippen molar-refractivity contribution in [1.82, 2.24) is 4.57 Å². The van der Waals surface area contributed by atoms with E-state index >= 15 is 0 Å². The average molecular weight is 383 g/mol. The fraction of sp³-hybridized carbons (Fsp3) is 0.0667. The van der Waals surface area contributed by atoms with E-state index in [-0.39, 0.29) is 5.82 Å². The first-order valence-corrected chi connectivity index (χ1v) is 7.40. The molecule has 0 radical (unpaired) electrons. The molecule has 0 atom stereocenters. The maximum Gasteiger partial charge on any atom is 0.128 e. The van der Waals surface area contributed by atoms with E-state index in [0.29, 0.717) is 12.1 Å². The highest BCUT2D eigenvalue weighted by Crippen LogP contribution is 2.23. The van der Waals surface area contributed by atoms with Crippen LogP contribution in [0.4, 0.5) is 4.39 Å². The first-order valence-electron chi connectivity index (χ1n) is 5.82. The molecule has 0 amide bonds. The lowest BCUT2D eigenvalue weighted by atomic mass is 10.2. The molecule has 1 aromatic heterocycles. The first kappa shape index (κ1) is 12.9. The van der Waals surface area contributed by atoms with Gasteiger partial charge in [-0.2, -0.15) is 0 Å². The molecule has 0 aliphatic heterocycles. The highest BCUT2D eigenvalue weighted by atomic mass is 79.9.